The molecule has 0 aliphatic carbocycles. The van der Waals surface area contributed by atoms with E-state index in [1.807, 2.05) is 35.8 Å². The molecule has 9 heteroatoms. The van der Waals surface area contributed by atoms with Crippen molar-refractivity contribution < 1.29 is 17.9 Å². The molecular formula is C18H25N3O4S2. The van der Waals surface area contributed by atoms with Gasteiger partial charge in [0.2, 0.25) is 10.0 Å². The van der Waals surface area contributed by atoms with E-state index in [2.05, 4.69) is 4.99 Å². The molecule has 0 radical (unpaired) electrons. The number of hydrogen-bond acceptors (Lipinski definition) is 5. The third-order valence-corrected chi connectivity index (χ3v) is 7.09. The van der Waals surface area contributed by atoms with Crippen LogP contribution in [0.1, 0.15) is 19.8 Å². The van der Waals surface area contributed by atoms with Crippen LogP contribution in [-0.4, -0.2) is 55.8 Å². The lowest BCUT2D eigenvalue weighted by Crippen LogP contribution is -2.39. The topological polar surface area (TPSA) is 81.0 Å². The summed E-state index contributed by atoms with van der Waals surface area (Å²) < 4.78 is 33.3. The first-order valence-corrected chi connectivity index (χ1v) is 11.8. The molecule has 1 aliphatic heterocycles. The minimum absolute atomic E-state index is 0.167. The number of rotatable bonds is 6. The van der Waals surface area contributed by atoms with Crippen LogP contribution in [0, 0.1) is 5.92 Å². The first-order valence-electron chi connectivity index (χ1n) is 9.10. The van der Waals surface area contributed by atoms with Gasteiger partial charge in [0.25, 0.3) is 5.91 Å². The fourth-order valence-corrected chi connectivity index (χ4v) is 5.18. The van der Waals surface area contributed by atoms with Crippen LogP contribution >= 0.6 is 11.3 Å². The molecule has 2 heterocycles. The molecule has 1 aromatic carbocycles. The second kappa shape index (κ2) is 8.64. The Kier molecular flexibility index (Phi) is 6.46. The molecule has 0 unspecified atom stereocenters. The van der Waals surface area contributed by atoms with Crippen LogP contribution in [0.3, 0.4) is 0 Å². The maximum absolute atomic E-state index is 12.7. The number of piperidine rings is 1. The number of ether oxygens (including phenoxy) is 1. The smallest absolute Gasteiger partial charge is 0.251 e. The van der Waals surface area contributed by atoms with Gasteiger partial charge >= 0.3 is 0 Å². The third-order valence-electron chi connectivity index (χ3n) is 4.73. The van der Waals surface area contributed by atoms with Crippen LogP contribution in [0.5, 0.6) is 0 Å². The van der Waals surface area contributed by atoms with E-state index in [0.717, 1.165) is 10.2 Å². The van der Waals surface area contributed by atoms with E-state index in [1.54, 1.807) is 0 Å². The maximum Gasteiger partial charge on any atom is 0.251 e. The van der Waals surface area contributed by atoms with Crippen LogP contribution in [0.2, 0.25) is 0 Å². The quantitative estimate of drug-likeness (QED) is 0.679. The van der Waals surface area contributed by atoms with E-state index in [1.165, 1.54) is 21.9 Å². The van der Waals surface area contributed by atoms with Crippen molar-refractivity contribution in [2.45, 2.75) is 26.3 Å². The van der Waals surface area contributed by atoms with Crippen molar-refractivity contribution in [3.63, 3.8) is 0 Å². The summed E-state index contributed by atoms with van der Waals surface area (Å²) in [6.45, 7) is 4.55. The van der Waals surface area contributed by atoms with Crippen LogP contribution in [0.15, 0.2) is 29.3 Å². The van der Waals surface area contributed by atoms with E-state index in [0.29, 0.717) is 50.5 Å². The number of fused-ring (bicyclic) bond motifs is 1. The lowest BCUT2D eigenvalue weighted by atomic mass is 9.98. The summed E-state index contributed by atoms with van der Waals surface area (Å²) in [4.78, 5) is 17.8. The fraction of sp³-hybridized carbons (Fsp3) is 0.556. The molecule has 1 fully saturated rings. The number of para-hydroxylation sites is 1. The summed E-state index contributed by atoms with van der Waals surface area (Å²) in [6.07, 6.45) is 2.23. The minimum atomic E-state index is -3.20. The average molecular weight is 412 g/mol. The summed E-state index contributed by atoms with van der Waals surface area (Å²) in [5.41, 5.74) is 1.04. The average Bonchev–Trinajstić information content (AvgIpc) is 2.99. The number of benzene rings is 1. The van der Waals surface area contributed by atoms with Gasteiger partial charge in [0.1, 0.15) is 0 Å². The second-order valence-electron chi connectivity index (χ2n) is 6.59. The van der Waals surface area contributed by atoms with E-state index < -0.39 is 10.0 Å². The van der Waals surface area contributed by atoms with Gasteiger partial charge in [0.05, 0.1) is 23.1 Å². The Hall–Kier alpha value is -1.55. The Morgan fingerprint density at radius 2 is 2.00 bits per heavy atom. The molecule has 0 saturated carbocycles. The molecule has 3 rings (SSSR count). The number of carbonyl (C=O) groups excluding carboxylic acids is 1. The van der Waals surface area contributed by atoms with Gasteiger partial charge in [-0.2, -0.15) is 4.99 Å². The number of carbonyl (C=O) groups is 1. The van der Waals surface area contributed by atoms with Crippen LogP contribution < -0.4 is 4.80 Å². The molecule has 27 heavy (non-hydrogen) atoms. The van der Waals surface area contributed by atoms with Gasteiger partial charge < -0.3 is 9.30 Å². The first kappa shape index (κ1) is 20.2. The summed E-state index contributed by atoms with van der Waals surface area (Å²) in [7, 11) is -3.20. The van der Waals surface area contributed by atoms with E-state index in [-0.39, 0.29) is 11.8 Å². The van der Waals surface area contributed by atoms with Crippen molar-refractivity contribution in [3.8, 4) is 0 Å². The minimum Gasteiger partial charge on any atom is -0.380 e. The Bertz CT molecular complexity index is 970. The predicted octanol–water partition coefficient (Wildman–Crippen LogP) is 1.84. The molecule has 1 amide bonds. The van der Waals surface area contributed by atoms with Crippen molar-refractivity contribution in [1.82, 2.24) is 8.87 Å². The van der Waals surface area contributed by atoms with Gasteiger partial charge in [0.15, 0.2) is 4.80 Å². The zero-order valence-corrected chi connectivity index (χ0v) is 17.3. The van der Waals surface area contributed by atoms with Gasteiger partial charge in [-0.05, 0) is 31.9 Å². The van der Waals surface area contributed by atoms with Crippen molar-refractivity contribution >= 4 is 37.5 Å². The summed E-state index contributed by atoms with van der Waals surface area (Å²) in [5, 5.41) is 0. The first-order chi connectivity index (χ1) is 12.9. The fourth-order valence-electron chi connectivity index (χ4n) is 3.24. The molecule has 1 aliphatic rings. The van der Waals surface area contributed by atoms with Crippen molar-refractivity contribution in [1.29, 1.82) is 0 Å². The predicted molar refractivity (Wildman–Crippen MR) is 106 cm³/mol. The number of hydrogen-bond donors (Lipinski definition) is 0. The number of nitrogens with zero attached hydrogens (tertiary/aromatic N) is 3. The van der Waals surface area contributed by atoms with E-state index in [9.17, 15) is 13.2 Å². The Morgan fingerprint density at radius 1 is 1.30 bits per heavy atom. The molecule has 0 N–H and O–H groups in total. The molecular weight excluding hydrogens is 386 g/mol. The molecule has 0 bridgehead atoms. The van der Waals surface area contributed by atoms with Crippen molar-refractivity contribution in [2.24, 2.45) is 10.9 Å². The number of thiazole rings is 1. The number of sulfonamides is 1. The van der Waals surface area contributed by atoms with E-state index >= 15 is 0 Å². The lowest BCUT2D eigenvalue weighted by molar-refractivity contribution is -0.122. The summed E-state index contributed by atoms with van der Waals surface area (Å²) in [6, 6.07) is 7.98. The van der Waals surface area contributed by atoms with Gasteiger partial charge in [-0.1, -0.05) is 23.5 Å². The molecule has 148 valence electrons. The van der Waals surface area contributed by atoms with Gasteiger partial charge in [-0.25, -0.2) is 12.7 Å². The maximum atomic E-state index is 12.7. The standard InChI is InChI=1S/C18H25N3O4S2/c1-3-25-13-12-21-15-6-4-5-7-16(15)26-18(21)19-17(22)14-8-10-20(11-9-14)27(2,23)24/h4-7,14H,3,8-13H2,1-2H3. The molecule has 2 aromatic rings. The zero-order chi connectivity index (χ0) is 19.4. The lowest BCUT2D eigenvalue weighted by Gasteiger charge is -2.28. The SMILES string of the molecule is CCOCCn1c(=NC(=O)C2CCN(S(C)(=O)=O)CC2)sc2ccccc21. The molecule has 0 spiro atoms. The highest BCUT2D eigenvalue weighted by molar-refractivity contribution is 7.88. The van der Waals surface area contributed by atoms with Gasteiger partial charge in [0, 0.05) is 32.2 Å². The largest absolute Gasteiger partial charge is 0.380 e. The normalized spacial score (nSPS) is 17.6. The highest BCUT2D eigenvalue weighted by atomic mass is 32.2. The van der Waals surface area contributed by atoms with Crippen LogP contribution in [0.4, 0.5) is 0 Å². The molecule has 1 saturated heterocycles. The van der Waals surface area contributed by atoms with Crippen LogP contribution in [-0.2, 0) is 26.1 Å². The van der Waals surface area contributed by atoms with Gasteiger partial charge in [-0.15, -0.1) is 0 Å². The zero-order valence-electron chi connectivity index (χ0n) is 15.6. The van der Waals surface area contributed by atoms with Gasteiger partial charge in [-0.3, -0.25) is 4.79 Å². The monoisotopic (exact) mass is 411 g/mol. The summed E-state index contributed by atoms with van der Waals surface area (Å²) in [5.74, 6) is -0.395. The van der Waals surface area contributed by atoms with Crippen LogP contribution in [0.25, 0.3) is 10.2 Å². The molecule has 1 aromatic heterocycles. The number of amides is 1. The molecule has 0 atom stereocenters. The number of aromatic nitrogens is 1. The Morgan fingerprint density at radius 3 is 2.67 bits per heavy atom. The Balaban J connectivity index is 1.82. The molecule has 7 nitrogen and oxygen atoms in total. The summed E-state index contributed by atoms with van der Waals surface area (Å²) >= 11 is 1.49. The third kappa shape index (κ3) is 4.84. The van der Waals surface area contributed by atoms with Crippen molar-refractivity contribution in [3.05, 3.63) is 29.1 Å². The Labute approximate surface area is 163 Å². The van der Waals surface area contributed by atoms with E-state index in [4.69, 9.17) is 4.74 Å². The highest BCUT2D eigenvalue weighted by Gasteiger charge is 2.28. The van der Waals surface area contributed by atoms with Crippen molar-refractivity contribution in [2.75, 3.05) is 32.6 Å². The highest BCUT2D eigenvalue weighted by Crippen LogP contribution is 2.21. The second-order valence-corrected chi connectivity index (χ2v) is 9.58.